The summed E-state index contributed by atoms with van der Waals surface area (Å²) < 4.78 is 11.6. The van der Waals surface area contributed by atoms with Crippen LogP contribution in [0.5, 0.6) is 0 Å². The van der Waals surface area contributed by atoms with Crippen molar-refractivity contribution in [3.8, 4) is 0 Å². The zero-order valence-corrected chi connectivity index (χ0v) is 8.66. The monoisotopic (exact) mass is 198 g/mol. The van der Waals surface area contributed by atoms with Crippen molar-refractivity contribution in [2.45, 2.75) is 43.5 Å². The van der Waals surface area contributed by atoms with Crippen LogP contribution in [0.4, 0.5) is 0 Å². The molecular weight excluding hydrogens is 180 g/mol. The van der Waals surface area contributed by atoms with Gasteiger partial charge >= 0.3 is 0 Å². The molecule has 2 unspecified atom stereocenters. The van der Waals surface area contributed by atoms with Gasteiger partial charge in [0.2, 0.25) is 0 Å². The van der Waals surface area contributed by atoms with Crippen LogP contribution >= 0.6 is 0 Å². The van der Waals surface area contributed by atoms with Gasteiger partial charge in [-0.25, -0.2) is 0 Å². The molecule has 0 aromatic rings. The second kappa shape index (κ2) is 2.71. The van der Waals surface area contributed by atoms with Crippen molar-refractivity contribution in [1.82, 2.24) is 0 Å². The van der Waals surface area contributed by atoms with Crippen LogP contribution in [0, 0.1) is 11.8 Å². The van der Waals surface area contributed by atoms with Crippen molar-refractivity contribution in [2.75, 3.05) is 13.7 Å². The molecule has 2 aliphatic heterocycles. The highest BCUT2D eigenvalue weighted by Gasteiger charge is 2.59. The molecule has 2 heterocycles. The molecule has 4 rings (SSSR count). The number of hydrogen-bond acceptors (Lipinski definition) is 3. The van der Waals surface area contributed by atoms with E-state index in [0.29, 0.717) is 11.8 Å². The Morgan fingerprint density at radius 2 is 1.93 bits per heavy atom. The number of methoxy groups -OCH3 is 1. The molecule has 1 N–H and O–H groups in total. The van der Waals surface area contributed by atoms with Gasteiger partial charge in [-0.2, -0.15) is 0 Å². The summed E-state index contributed by atoms with van der Waals surface area (Å²) in [5, 5.41) is 9.46. The fourth-order valence-corrected chi connectivity index (χ4v) is 3.98. The smallest absolute Gasteiger partial charge is 0.169 e. The van der Waals surface area contributed by atoms with E-state index in [4.69, 9.17) is 9.47 Å². The van der Waals surface area contributed by atoms with Crippen LogP contribution in [0.25, 0.3) is 0 Å². The van der Waals surface area contributed by atoms with E-state index in [1.165, 1.54) is 6.42 Å². The lowest BCUT2D eigenvalue weighted by Crippen LogP contribution is -2.63. The zero-order chi connectivity index (χ0) is 9.81. The van der Waals surface area contributed by atoms with Crippen molar-refractivity contribution in [2.24, 2.45) is 11.8 Å². The van der Waals surface area contributed by atoms with Gasteiger partial charge in [-0.05, 0) is 31.1 Å². The first kappa shape index (κ1) is 9.13. The van der Waals surface area contributed by atoms with E-state index < -0.39 is 0 Å². The third kappa shape index (κ3) is 1.09. The van der Waals surface area contributed by atoms with Crippen LogP contribution in [0.2, 0.25) is 0 Å². The van der Waals surface area contributed by atoms with Gasteiger partial charge in [0.25, 0.3) is 0 Å². The van der Waals surface area contributed by atoms with Crippen LogP contribution in [-0.4, -0.2) is 30.2 Å². The predicted octanol–water partition coefficient (Wildman–Crippen LogP) is 1.30. The third-order valence-electron chi connectivity index (χ3n) is 4.25. The second-order valence-corrected chi connectivity index (χ2v) is 5.34. The van der Waals surface area contributed by atoms with Gasteiger partial charge in [-0.15, -0.1) is 0 Å². The number of hydrogen-bond donors (Lipinski definition) is 1. The van der Waals surface area contributed by atoms with Gasteiger partial charge in [0.1, 0.15) is 0 Å². The molecule has 14 heavy (non-hydrogen) atoms. The Bertz CT molecular complexity index is 215. The minimum Gasteiger partial charge on any atom is -0.393 e. The minimum absolute atomic E-state index is 0.158. The first-order valence-electron chi connectivity index (χ1n) is 5.55. The summed E-state index contributed by atoms with van der Waals surface area (Å²) in [7, 11) is 1.73. The third-order valence-corrected chi connectivity index (χ3v) is 4.25. The Kier molecular flexibility index (Phi) is 1.77. The van der Waals surface area contributed by atoms with E-state index in [2.05, 4.69) is 0 Å². The number of aliphatic hydroxyl groups is 1. The zero-order valence-electron chi connectivity index (χ0n) is 8.66. The quantitative estimate of drug-likeness (QED) is 0.727. The molecule has 0 aromatic heterocycles. The highest BCUT2D eigenvalue weighted by molar-refractivity contribution is 5.04. The Morgan fingerprint density at radius 1 is 1.29 bits per heavy atom. The summed E-state index contributed by atoms with van der Waals surface area (Å²) in [6, 6.07) is 0. The average Bonchev–Trinajstić information content (AvgIpc) is 2.16. The first-order chi connectivity index (χ1) is 6.69. The lowest BCUT2D eigenvalue weighted by Gasteiger charge is -2.60. The summed E-state index contributed by atoms with van der Waals surface area (Å²) in [6.45, 7) is 0.158. The lowest BCUT2D eigenvalue weighted by atomic mass is 9.61. The number of rotatable bonds is 2. The van der Waals surface area contributed by atoms with Crippen LogP contribution < -0.4 is 0 Å². The SMILES string of the molecule is COC12CC3CC(CC(CO)(C3)O1)C2. The molecule has 2 aliphatic carbocycles. The minimum atomic E-state index is -0.354. The van der Waals surface area contributed by atoms with Crippen LogP contribution in [0.15, 0.2) is 0 Å². The summed E-state index contributed by atoms with van der Waals surface area (Å²) in [4.78, 5) is 0. The van der Waals surface area contributed by atoms with Crippen LogP contribution in [0.3, 0.4) is 0 Å². The maximum Gasteiger partial charge on any atom is 0.169 e. The van der Waals surface area contributed by atoms with Crippen molar-refractivity contribution in [3.63, 3.8) is 0 Å². The van der Waals surface area contributed by atoms with Crippen LogP contribution in [0.1, 0.15) is 32.1 Å². The molecule has 0 radical (unpaired) electrons. The molecule has 3 heteroatoms. The van der Waals surface area contributed by atoms with E-state index in [0.717, 1.165) is 25.7 Å². The Balaban J connectivity index is 1.94. The maximum absolute atomic E-state index is 9.46. The number of ether oxygens (including phenoxy) is 2. The van der Waals surface area contributed by atoms with Crippen molar-refractivity contribution >= 4 is 0 Å². The van der Waals surface area contributed by atoms with Crippen molar-refractivity contribution in [3.05, 3.63) is 0 Å². The van der Waals surface area contributed by atoms with E-state index in [1.54, 1.807) is 7.11 Å². The average molecular weight is 198 g/mol. The van der Waals surface area contributed by atoms with Gasteiger partial charge in [0.15, 0.2) is 5.79 Å². The summed E-state index contributed by atoms with van der Waals surface area (Å²) in [5.74, 6) is 1.07. The van der Waals surface area contributed by atoms with E-state index in [-0.39, 0.29) is 18.0 Å². The highest BCUT2D eigenvalue weighted by Crippen LogP contribution is 2.57. The Labute approximate surface area is 84.4 Å². The fraction of sp³-hybridized carbons (Fsp3) is 1.00. The topological polar surface area (TPSA) is 38.7 Å². The molecule has 4 bridgehead atoms. The van der Waals surface area contributed by atoms with Gasteiger partial charge in [0.05, 0.1) is 12.2 Å². The summed E-state index contributed by atoms with van der Waals surface area (Å²) >= 11 is 0. The van der Waals surface area contributed by atoms with Gasteiger partial charge in [-0.3, -0.25) is 0 Å². The van der Waals surface area contributed by atoms with E-state index >= 15 is 0 Å². The number of aliphatic hydroxyl groups excluding tert-OH is 1. The van der Waals surface area contributed by atoms with E-state index in [9.17, 15) is 5.11 Å². The predicted molar refractivity (Wildman–Crippen MR) is 50.7 cm³/mol. The molecule has 2 atom stereocenters. The molecular formula is C11H18O3. The Hall–Kier alpha value is -0.120. The molecule has 0 amide bonds. The summed E-state index contributed by atoms with van der Waals surface area (Å²) in [6.07, 6.45) is 5.44. The normalized spacial score (nSPS) is 55.3. The first-order valence-corrected chi connectivity index (χ1v) is 5.55. The molecule has 4 fully saturated rings. The molecule has 0 spiro atoms. The molecule has 4 aliphatic rings. The standard InChI is InChI=1S/C11H18O3/c1-13-11-5-8-2-9(6-11)4-10(3-8,7-12)14-11/h8-9,12H,2-7H2,1H3. The van der Waals surface area contributed by atoms with Crippen molar-refractivity contribution in [1.29, 1.82) is 0 Å². The molecule has 2 saturated carbocycles. The second-order valence-electron chi connectivity index (χ2n) is 5.34. The Morgan fingerprint density at radius 3 is 2.43 bits per heavy atom. The van der Waals surface area contributed by atoms with Gasteiger partial charge < -0.3 is 14.6 Å². The molecule has 80 valence electrons. The van der Waals surface area contributed by atoms with Crippen molar-refractivity contribution < 1.29 is 14.6 Å². The van der Waals surface area contributed by atoms with Gasteiger partial charge in [-0.1, -0.05) is 0 Å². The van der Waals surface area contributed by atoms with E-state index in [1.807, 2.05) is 0 Å². The lowest BCUT2D eigenvalue weighted by molar-refractivity contribution is -0.369. The highest BCUT2D eigenvalue weighted by atomic mass is 16.7. The molecule has 0 aromatic carbocycles. The molecule has 2 saturated heterocycles. The van der Waals surface area contributed by atoms with Crippen LogP contribution in [-0.2, 0) is 9.47 Å². The molecule has 3 nitrogen and oxygen atoms in total. The largest absolute Gasteiger partial charge is 0.393 e. The maximum atomic E-state index is 9.46. The summed E-state index contributed by atoms with van der Waals surface area (Å²) in [5.41, 5.74) is -0.264. The fourth-order valence-electron chi connectivity index (χ4n) is 3.98. The van der Waals surface area contributed by atoms with Gasteiger partial charge in [0, 0.05) is 20.0 Å².